The van der Waals surface area contributed by atoms with Gasteiger partial charge in [0.05, 0.1) is 11.7 Å². The molecule has 1 rings (SSSR count). The summed E-state index contributed by atoms with van der Waals surface area (Å²) in [5.74, 6) is -1.55. The first-order valence-corrected chi connectivity index (χ1v) is 4.61. The van der Waals surface area contributed by atoms with Crippen molar-refractivity contribution in [3.63, 3.8) is 0 Å². The second kappa shape index (κ2) is 4.24. The molecule has 0 amide bonds. The smallest absolute Gasteiger partial charge is 0.132 e. The maximum absolute atomic E-state index is 13.4. The highest BCUT2D eigenvalue weighted by Crippen LogP contribution is 2.30. The molecule has 0 spiro atoms. The van der Waals surface area contributed by atoms with Crippen molar-refractivity contribution in [2.45, 2.75) is 25.6 Å². The summed E-state index contributed by atoms with van der Waals surface area (Å²) < 4.78 is 31.7. The van der Waals surface area contributed by atoms with E-state index < -0.39 is 23.3 Å². The van der Waals surface area contributed by atoms with Gasteiger partial charge >= 0.3 is 0 Å². The highest BCUT2D eigenvalue weighted by Gasteiger charge is 2.35. The van der Waals surface area contributed by atoms with Crippen LogP contribution in [0.15, 0.2) is 18.2 Å². The Morgan fingerprint density at radius 1 is 1.33 bits per heavy atom. The molecule has 2 nitrogen and oxygen atoms in total. The first kappa shape index (κ1) is 12.1. The minimum absolute atomic E-state index is 0.362. The standard InChI is InChI=1S/C11H14F2O2/c1-7(15-3)11(2,14)10-8(12)5-4-6-9(10)13/h4-7,14H,1-3H3. The van der Waals surface area contributed by atoms with Gasteiger partial charge in [-0.3, -0.25) is 0 Å². The molecule has 0 radical (unpaired) electrons. The van der Waals surface area contributed by atoms with E-state index in [1.54, 1.807) is 6.92 Å². The van der Waals surface area contributed by atoms with E-state index >= 15 is 0 Å². The SMILES string of the molecule is COC(C)C(C)(O)c1c(F)cccc1F. The molecule has 1 aromatic rings. The van der Waals surface area contributed by atoms with Gasteiger partial charge in [0.15, 0.2) is 0 Å². The van der Waals surface area contributed by atoms with Gasteiger partial charge in [-0.05, 0) is 26.0 Å². The van der Waals surface area contributed by atoms with E-state index in [0.717, 1.165) is 12.1 Å². The number of aliphatic hydroxyl groups is 1. The summed E-state index contributed by atoms with van der Waals surface area (Å²) in [5.41, 5.74) is -2.05. The minimum Gasteiger partial charge on any atom is -0.383 e. The lowest BCUT2D eigenvalue weighted by molar-refractivity contribution is -0.0810. The van der Waals surface area contributed by atoms with Crippen LogP contribution in [0.2, 0.25) is 0 Å². The molecule has 15 heavy (non-hydrogen) atoms. The van der Waals surface area contributed by atoms with Crippen LogP contribution in [0.1, 0.15) is 19.4 Å². The monoisotopic (exact) mass is 216 g/mol. The average molecular weight is 216 g/mol. The maximum Gasteiger partial charge on any atom is 0.132 e. The number of ether oxygens (including phenoxy) is 1. The molecule has 2 atom stereocenters. The summed E-state index contributed by atoms with van der Waals surface area (Å²) in [6, 6.07) is 3.46. The zero-order chi connectivity index (χ0) is 11.6. The van der Waals surface area contributed by atoms with Crippen molar-refractivity contribution in [2.75, 3.05) is 7.11 Å². The molecule has 0 heterocycles. The lowest BCUT2D eigenvalue weighted by Crippen LogP contribution is -2.37. The molecule has 0 bridgehead atoms. The minimum atomic E-state index is -1.69. The second-order valence-electron chi connectivity index (χ2n) is 3.62. The molecule has 0 aliphatic carbocycles. The largest absolute Gasteiger partial charge is 0.383 e. The molecule has 2 unspecified atom stereocenters. The Morgan fingerprint density at radius 3 is 2.20 bits per heavy atom. The molecule has 0 fully saturated rings. The third-order valence-electron chi connectivity index (χ3n) is 2.61. The summed E-state index contributed by atoms with van der Waals surface area (Å²) in [6.07, 6.45) is -0.705. The molecular weight excluding hydrogens is 202 g/mol. The number of rotatable bonds is 3. The fourth-order valence-corrected chi connectivity index (χ4v) is 1.41. The number of benzene rings is 1. The van der Waals surface area contributed by atoms with E-state index in [1.807, 2.05) is 0 Å². The summed E-state index contributed by atoms with van der Waals surface area (Å²) in [7, 11) is 1.37. The predicted molar refractivity (Wildman–Crippen MR) is 52.4 cm³/mol. The summed E-state index contributed by atoms with van der Waals surface area (Å²) in [6.45, 7) is 2.87. The lowest BCUT2D eigenvalue weighted by Gasteiger charge is -2.30. The van der Waals surface area contributed by atoms with Gasteiger partial charge in [-0.1, -0.05) is 6.07 Å². The third kappa shape index (κ3) is 2.16. The van der Waals surface area contributed by atoms with E-state index in [-0.39, 0.29) is 5.56 Å². The van der Waals surface area contributed by atoms with Gasteiger partial charge in [-0.15, -0.1) is 0 Å². The van der Waals surface area contributed by atoms with Gasteiger partial charge in [-0.2, -0.15) is 0 Å². The van der Waals surface area contributed by atoms with Gasteiger partial charge in [0.1, 0.15) is 17.2 Å². The zero-order valence-electron chi connectivity index (χ0n) is 8.92. The van der Waals surface area contributed by atoms with Crippen LogP contribution >= 0.6 is 0 Å². The van der Waals surface area contributed by atoms with Crippen LogP contribution in [-0.2, 0) is 10.3 Å². The summed E-state index contributed by atoms with van der Waals surface area (Å²) >= 11 is 0. The molecular formula is C11H14F2O2. The Balaban J connectivity index is 3.25. The Hall–Kier alpha value is -1.00. The maximum atomic E-state index is 13.4. The van der Waals surface area contributed by atoms with Crippen molar-refractivity contribution in [1.82, 2.24) is 0 Å². The van der Waals surface area contributed by atoms with Crippen LogP contribution in [0.3, 0.4) is 0 Å². The van der Waals surface area contributed by atoms with Crippen molar-refractivity contribution in [1.29, 1.82) is 0 Å². The number of methoxy groups -OCH3 is 1. The zero-order valence-corrected chi connectivity index (χ0v) is 8.92. The van der Waals surface area contributed by atoms with Gasteiger partial charge in [0.2, 0.25) is 0 Å². The molecule has 0 aliphatic rings. The fourth-order valence-electron chi connectivity index (χ4n) is 1.41. The van der Waals surface area contributed by atoms with Crippen LogP contribution in [0, 0.1) is 11.6 Å². The highest BCUT2D eigenvalue weighted by atomic mass is 19.1. The number of hydrogen-bond donors (Lipinski definition) is 1. The normalized spacial score (nSPS) is 17.2. The fraction of sp³-hybridized carbons (Fsp3) is 0.455. The quantitative estimate of drug-likeness (QED) is 0.839. The summed E-state index contributed by atoms with van der Waals surface area (Å²) in [4.78, 5) is 0. The van der Waals surface area contributed by atoms with Gasteiger partial charge in [0.25, 0.3) is 0 Å². The average Bonchev–Trinajstić information content (AvgIpc) is 2.15. The first-order valence-electron chi connectivity index (χ1n) is 4.61. The van der Waals surface area contributed by atoms with Crippen molar-refractivity contribution < 1.29 is 18.6 Å². The van der Waals surface area contributed by atoms with Crippen LogP contribution in [0.4, 0.5) is 8.78 Å². The molecule has 0 aliphatic heterocycles. The molecule has 0 saturated carbocycles. The predicted octanol–water partition coefficient (Wildman–Crippen LogP) is 2.21. The van der Waals surface area contributed by atoms with E-state index in [4.69, 9.17) is 4.74 Å². The second-order valence-corrected chi connectivity index (χ2v) is 3.62. The third-order valence-corrected chi connectivity index (χ3v) is 2.61. The highest BCUT2D eigenvalue weighted by molar-refractivity contribution is 5.26. The van der Waals surface area contributed by atoms with Crippen molar-refractivity contribution in [3.8, 4) is 0 Å². The Bertz CT molecular complexity index is 330. The number of halogens is 2. The van der Waals surface area contributed by atoms with Crippen LogP contribution in [0.5, 0.6) is 0 Å². The van der Waals surface area contributed by atoms with Gasteiger partial charge in [0, 0.05) is 7.11 Å². The van der Waals surface area contributed by atoms with E-state index in [0.29, 0.717) is 0 Å². The van der Waals surface area contributed by atoms with Gasteiger partial charge in [-0.25, -0.2) is 8.78 Å². The van der Waals surface area contributed by atoms with Crippen LogP contribution < -0.4 is 0 Å². The van der Waals surface area contributed by atoms with Crippen LogP contribution in [0.25, 0.3) is 0 Å². The van der Waals surface area contributed by atoms with Crippen LogP contribution in [-0.4, -0.2) is 18.3 Å². The Morgan fingerprint density at radius 2 is 1.80 bits per heavy atom. The van der Waals surface area contributed by atoms with E-state index in [1.165, 1.54) is 20.1 Å². The summed E-state index contributed by atoms with van der Waals surface area (Å²) in [5, 5.41) is 10.0. The van der Waals surface area contributed by atoms with Gasteiger partial charge < -0.3 is 9.84 Å². The van der Waals surface area contributed by atoms with Crippen molar-refractivity contribution >= 4 is 0 Å². The van der Waals surface area contributed by atoms with Crippen molar-refractivity contribution in [2.24, 2.45) is 0 Å². The van der Waals surface area contributed by atoms with E-state index in [2.05, 4.69) is 0 Å². The Kier molecular flexibility index (Phi) is 3.42. The molecule has 0 aromatic heterocycles. The Labute approximate surface area is 87.5 Å². The topological polar surface area (TPSA) is 29.5 Å². The molecule has 0 saturated heterocycles. The van der Waals surface area contributed by atoms with Crippen molar-refractivity contribution in [3.05, 3.63) is 35.4 Å². The number of hydrogen-bond acceptors (Lipinski definition) is 2. The molecule has 1 N–H and O–H groups in total. The molecule has 4 heteroatoms. The lowest BCUT2D eigenvalue weighted by atomic mass is 9.90. The molecule has 84 valence electrons. The van der Waals surface area contributed by atoms with E-state index in [9.17, 15) is 13.9 Å². The molecule has 1 aromatic carbocycles. The first-order chi connectivity index (χ1) is 6.91.